The third-order valence-electron chi connectivity index (χ3n) is 4.98. The lowest BCUT2D eigenvalue weighted by atomic mass is 9.52. The molecule has 1 rings (SSSR count). The third-order valence-corrected chi connectivity index (χ3v) is 4.98. The molecule has 102 valence electrons. The van der Waals surface area contributed by atoms with E-state index in [-0.39, 0.29) is 25.7 Å². The zero-order chi connectivity index (χ0) is 13.3. The van der Waals surface area contributed by atoms with Crippen molar-refractivity contribution in [2.45, 2.75) is 39.2 Å². The Morgan fingerprint density at radius 3 is 2.12 bits per heavy atom. The van der Waals surface area contributed by atoms with Gasteiger partial charge in [-0.2, -0.15) is 0 Å². The molecule has 0 radical (unpaired) electrons. The number of aliphatic hydroxyl groups is 3. The summed E-state index contributed by atoms with van der Waals surface area (Å²) < 4.78 is 0. The molecule has 17 heavy (non-hydrogen) atoms. The molecule has 4 nitrogen and oxygen atoms in total. The number of hydrogen-bond acceptors (Lipinski definition) is 4. The molecule has 3 atom stereocenters. The number of rotatable bonds is 4. The Balaban J connectivity index is 3.14. The van der Waals surface area contributed by atoms with E-state index in [1.54, 1.807) is 0 Å². The summed E-state index contributed by atoms with van der Waals surface area (Å²) in [5.74, 6) is 0.581. The van der Waals surface area contributed by atoms with Gasteiger partial charge in [0.2, 0.25) is 0 Å². The molecule has 1 aliphatic rings. The van der Waals surface area contributed by atoms with Crippen molar-refractivity contribution in [1.29, 1.82) is 0 Å². The van der Waals surface area contributed by atoms with Gasteiger partial charge in [0.15, 0.2) is 0 Å². The molecule has 0 aromatic heterocycles. The first-order valence-corrected chi connectivity index (χ1v) is 6.47. The average Bonchev–Trinajstić information content (AvgIpc) is 2.27. The summed E-state index contributed by atoms with van der Waals surface area (Å²) in [5, 5.41) is 29.1. The zero-order valence-corrected chi connectivity index (χ0v) is 11.2. The van der Waals surface area contributed by atoms with Gasteiger partial charge in [-0.15, -0.1) is 0 Å². The van der Waals surface area contributed by atoms with Crippen LogP contribution in [0.15, 0.2) is 0 Å². The summed E-state index contributed by atoms with van der Waals surface area (Å²) in [5.41, 5.74) is 4.86. The Bertz CT molecular complexity index is 249. The van der Waals surface area contributed by atoms with Crippen molar-refractivity contribution in [1.82, 2.24) is 0 Å². The van der Waals surface area contributed by atoms with Crippen molar-refractivity contribution >= 4 is 0 Å². The van der Waals surface area contributed by atoms with Crippen molar-refractivity contribution in [3.8, 4) is 0 Å². The van der Waals surface area contributed by atoms with E-state index in [1.807, 2.05) is 6.92 Å². The predicted octanol–water partition coefficient (Wildman–Crippen LogP) is 0.349. The van der Waals surface area contributed by atoms with E-state index < -0.39 is 11.0 Å². The van der Waals surface area contributed by atoms with Crippen molar-refractivity contribution in [2.75, 3.05) is 19.8 Å². The first-order valence-electron chi connectivity index (χ1n) is 6.47. The van der Waals surface area contributed by atoms with Gasteiger partial charge in [0, 0.05) is 17.6 Å². The average molecular weight is 245 g/mol. The fourth-order valence-corrected chi connectivity index (χ4v) is 3.50. The van der Waals surface area contributed by atoms with Crippen LogP contribution in [0.1, 0.15) is 33.6 Å². The molecule has 3 unspecified atom stereocenters. The molecule has 0 bridgehead atoms. The second kappa shape index (κ2) is 5.22. The van der Waals surface area contributed by atoms with Crippen LogP contribution in [-0.4, -0.2) is 40.7 Å². The number of nitrogens with two attached hydrogens (primary N) is 1. The molecule has 1 aliphatic carbocycles. The van der Waals surface area contributed by atoms with Crippen LogP contribution in [0, 0.1) is 23.2 Å². The summed E-state index contributed by atoms with van der Waals surface area (Å²) in [4.78, 5) is 0. The van der Waals surface area contributed by atoms with E-state index >= 15 is 0 Å². The van der Waals surface area contributed by atoms with E-state index in [0.717, 1.165) is 12.8 Å². The largest absolute Gasteiger partial charge is 0.396 e. The normalized spacial score (nSPS) is 37.4. The first-order chi connectivity index (χ1) is 7.86. The smallest absolute Gasteiger partial charge is 0.0530 e. The molecule has 0 heterocycles. The van der Waals surface area contributed by atoms with Gasteiger partial charge < -0.3 is 21.1 Å². The van der Waals surface area contributed by atoms with Gasteiger partial charge in [-0.05, 0) is 37.5 Å². The molecule has 1 fully saturated rings. The van der Waals surface area contributed by atoms with Crippen LogP contribution in [0.4, 0.5) is 0 Å². The van der Waals surface area contributed by atoms with Gasteiger partial charge in [-0.3, -0.25) is 0 Å². The lowest BCUT2D eigenvalue weighted by molar-refractivity contribution is -0.125. The Labute approximate surface area is 104 Å². The van der Waals surface area contributed by atoms with Gasteiger partial charge >= 0.3 is 0 Å². The maximum atomic E-state index is 9.73. The number of hydrogen-bond donors (Lipinski definition) is 4. The van der Waals surface area contributed by atoms with Crippen LogP contribution in [0.2, 0.25) is 0 Å². The fourth-order valence-electron chi connectivity index (χ4n) is 3.50. The maximum absolute atomic E-state index is 9.73. The van der Waals surface area contributed by atoms with E-state index in [1.165, 1.54) is 0 Å². The van der Waals surface area contributed by atoms with E-state index in [9.17, 15) is 15.3 Å². The summed E-state index contributed by atoms with van der Waals surface area (Å²) >= 11 is 0. The third kappa shape index (κ3) is 2.24. The minimum Gasteiger partial charge on any atom is -0.396 e. The molecule has 4 heteroatoms. The standard InChI is InChI=1S/C13H27NO3/c1-9(2)10-4-5-12(3,14)13(7-16,8-17)11(10)6-15/h9-11,15-17H,4-8,14H2,1-3H3. The lowest BCUT2D eigenvalue weighted by Gasteiger charge is -2.56. The summed E-state index contributed by atoms with van der Waals surface area (Å²) in [6.07, 6.45) is 1.71. The van der Waals surface area contributed by atoms with Crippen LogP contribution < -0.4 is 5.73 Å². The Kier molecular flexibility index (Phi) is 4.58. The molecule has 5 N–H and O–H groups in total. The Morgan fingerprint density at radius 2 is 1.76 bits per heavy atom. The molecule has 0 aromatic rings. The van der Waals surface area contributed by atoms with E-state index in [2.05, 4.69) is 13.8 Å². The lowest BCUT2D eigenvalue weighted by Crippen LogP contribution is -2.66. The maximum Gasteiger partial charge on any atom is 0.0530 e. The quantitative estimate of drug-likeness (QED) is 0.575. The summed E-state index contributed by atoms with van der Waals surface area (Å²) in [7, 11) is 0. The molecule has 0 amide bonds. The van der Waals surface area contributed by atoms with Crippen LogP contribution in [0.25, 0.3) is 0 Å². The van der Waals surface area contributed by atoms with Crippen molar-refractivity contribution in [2.24, 2.45) is 28.9 Å². The van der Waals surface area contributed by atoms with Crippen molar-refractivity contribution in [3.05, 3.63) is 0 Å². The SMILES string of the molecule is CC(C)C1CCC(C)(N)C(CO)(CO)C1CO. The van der Waals surface area contributed by atoms with Gasteiger partial charge in [-0.1, -0.05) is 13.8 Å². The monoisotopic (exact) mass is 245 g/mol. The van der Waals surface area contributed by atoms with E-state index in [4.69, 9.17) is 5.73 Å². The highest BCUT2D eigenvalue weighted by Crippen LogP contribution is 2.50. The predicted molar refractivity (Wildman–Crippen MR) is 67.3 cm³/mol. The first kappa shape index (κ1) is 14.9. The highest BCUT2D eigenvalue weighted by molar-refractivity contribution is 5.08. The Hall–Kier alpha value is -0.160. The molecule has 0 aliphatic heterocycles. The highest BCUT2D eigenvalue weighted by Gasteiger charge is 2.55. The topological polar surface area (TPSA) is 86.7 Å². The highest BCUT2D eigenvalue weighted by atomic mass is 16.3. The van der Waals surface area contributed by atoms with Crippen LogP contribution in [-0.2, 0) is 0 Å². The second-order valence-corrected chi connectivity index (χ2v) is 6.13. The summed E-state index contributed by atoms with van der Waals surface area (Å²) in [6, 6.07) is 0. The zero-order valence-electron chi connectivity index (χ0n) is 11.2. The van der Waals surface area contributed by atoms with Gasteiger partial charge in [0.05, 0.1) is 13.2 Å². The van der Waals surface area contributed by atoms with Crippen LogP contribution in [0.5, 0.6) is 0 Å². The molecular formula is C13H27NO3. The van der Waals surface area contributed by atoms with Gasteiger partial charge in [0.25, 0.3) is 0 Å². The van der Waals surface area contributed by atoms with Crippen LogP contribution >= 0.6 is 0 Å². The minimum absolute atomic E-state index is 0.0310. The van der Waals surface area contributed by atoms with Gasteiger partial charge in [-0.25, -0.2) is 0 Å². The minimum atomic E-state index is -0.783. The Morgan fingerprint density at radius 1 is 1.24 bits per heavy atom. The molecular weight excluding hydrogens is 218 g/mol. The molecule has 0 saturated heterocycles. The van der Waals surface area contributed by atoms with Crippen LogP contribution in [0.3, 0.4) is 0 Å². The second-order valence-electron chi connectivity index (χ2n) is 6.13. The molecule has 0 spiro atoms. The van der Waals surface area contributed by atoms with E-state index in [0.29, 0.717) is 11.8 Å². The van der Waals surface area contributed by atoms with Crippen molar-refractivity contribution in [3.63, 3.8) is 0 Å². The van der Waals surface area contributed by atoms with Gasteiger partial charge in [0.1, 0.15) is 0 Å². The van der Waals surface area contributed by atoms with Crippen molar-refractivity contribution < 1.29 is 15.3 Å². The summed E-state index contributed by atoms with van der Waals surface area (Å²) in [6.45, 7) is 5.73. The number of aliphatic hydroxyl groups excluding tert-OH is 3. The molecule has 0 aromatic carbocycles. The fraction of sp³-hybridized carbons (Fsp3) is 1.00. The molecule has 1 saturated carbocycles.